The van der Waals surface area contributed by atoms with Crippen LogP contribution in [0.2, 0.25) is 10.0 Å². The van der Waals surface area contributed by atoms with Gasteiger partial charge in [-0.1, -0.05) is 46.5 Å². The van der Waals surface area contributed by atoms with Crippen LogP contribution in [0.1, 0.15) is 67.0 Å². The van der Waals surface area contributed by atoms with Gasteiger partial charge < -0.3 is 9.80 Å². The lowest BCUT2D eigenvalue weighted by Gasteiger charge is -2.24. The van der Waals surface area contributed by atoms with Gasteiger partial charge in [0.15, 0.2) is 0 Å². The zero-order valence-corrected chi connectivity index (χ0v) is 41.5. The summed E-state index contributed by atoms with van der Waals surface area (Å²) in [6.45, 7) is 12.2. The van der Waals surface area contributed by atoms with Crippen LogP contribution >= 0.6 is 45.9 Å². The highest BCUT2D eigenvalue weighted by molar-refractivity contribution is 7.95. The van der Waals surface area contributed by atoms with Crippen LogP contribution in [0.25, 0.3) is 31.3 Å². The average molecular weight is 950 g/mol. The minimum Gasteiger partial charge on any atom is -0.309 e. The van der Waals surface area contributed by atoms with E-state index in [-0.39, 0.29) is 0 Å². The number of aryl methyl sites for hydroxylation is 2. The number of rotatable bonds is 13. The van der Waals surface area contributed by atoms with Crippen molar-refractivity contribution < 1.29 is 16.8 Å². The van der Waals surface area contributed by atoms with Crippen LogP contribution in [0, 0.1) is 13.8 Å². The number of nitrogens with zero attached hydrogens (tertiary/aromatic N) is 3. The molecule has 2 aliphatic rings. The zero-order chi connectivity index (χ0) is 44.8. The first-order valence-corrected chi connectivity index (χ1v) is 26.0. The fourth-order valence-corrected chi connectivity index (χ4v) is 14.9. The normalized spacial score (nSPS) is 14.0. The summed E-state index contributed by atoms with van der Waals surface area (Å²) in [6.07, 6.45) is 3.79. The number of thiophene rings is 2. The summed E-state index contributed by atoms with van der Waals surface area (Å²) < 4.78 is 60.8. The quantitative estimate of drug-likeness (QED) is 0.124. The Bertz CT molecular complexity index is 3000. The average Bonchev–Trinajstić information content (AvgIpc) is 3.92. The van der Waals surface area contributed by atoms with Crippen LogP contribution < -0.4 is 9.03 Å². The molecule has 4 aromatic carbocycles. The number of anilines is 2. The van der Waals surface area contributed by atoms with Crippen LogP contribution in [-0.4, -0.2) is 74.5 Å². The Balaban J connectivity index is 0.000000187. The molecule has 8 rings (SSSR count). The highest BCUT2D eigenvalue weighted by atomic mass is 35.5. The van der Waals surface area contributed by atoms with Crippen molar-refractivity contribution in [1.29, 1.82) is 0 Å². The lowest BCUT2D eigenvalue weighted by molar-refractivity contribution is 0.419. The molecule has 0 saturated heterocycles. The Hall–Kier alpha value is -3.72. The third-order valence-electron chi connectivity index (χ3n) is 11.7. The van der Waals surface area contributed by atoms with Crippen molar-refractivity contribution in [3.05, 3.63) is 127 Å². The number of allylic oxidation sites excluding steroid dienone is 2. The fraction of sp³-hybridized carbons (Fsp3) is 0.333. The largest absolute Gasteiger partial charge is 0.309 e. The Morgan fingerprint density at radius 1 is 0.629 bits per heavy atom. The number of hydrogen-bond donors (Lipinski definition) is 1. The molecular weight excluding hydrogens is 896 g/mol. The van der Waals surface area contributed by atoms with Gasteiger partial charge in [-0.25, -0.2) is 16.8 Å². The lowest BCUT2D eigenvalue weighted by Crippen LogP contribution is -2.30. The molecule has 1 N–H and O–H groups in total. The molecule has 0 atom stereocenters. The van der Waals surface area contributed by atoms with Gasteiger partial charge in [-0.15, -0.1) is 22.7 Å². The Kier molecular flexibility index (Phi) is 13.7. The van der Waals surface area contributed by atoms with E-state index in [9.17, 15) is 16.8 Å². The highest BCUT2D eigenvalue weighted by Crippen LogP contribution is 2.42. The van der Waals surface area contributed by atoms with Crippen molar-refractivity contribution in [2.24, 2.45) is 0 Å². The van der Waals surface area contributed by atoms with E-state index in [1.165, 1.54) is 66.0 Å². The number of fused-ring (bicyclic) bond motifs is 4. The molecule has 8 nitrogen and oxygen atoms in total. The van der Waals surface area contributed by atoms with Crippen LogP contribution in [0.3, 0.4) is 0 Å². The number of hydrogen-bond acceptors (Lipinski definition) is 8. The van der Waals surface area contributed by atoms with Gasteiger partial charge >= 0.3 is 0 Å². The van der Waals surface area contributed by atoms with E-state index in [1.54, 1.807) is 12.1 Å². The molecular formula is C48H54Cl2N4O4S4. The molecule has 0 saturated carbocycles. The summed E-state index contributed by atoms with van der Waals surface area (Å²) in [5.41, 5.74) is 13.1. The molecule has 0 aliphatic heterocycles. The summed E-state index contributed by atoms with van der Waals surface area (Å²) >= 11 is 14.8. The predicted molar refractivity (Wildman–Crippen MR) is 266 cm³/mol. The monoisotopic (exact) mass is 948 g/mol. The minimum atomic E-state index is -3.70. The molecule has 0 bridgehead atoms. The number of sulfonamides is 2. The number of benzene rings is 4. The molecule has 0 amide bonds. The van der Waals surface area contributed by atoms with E-state index in [0.717, 1.165) is 81.3 Å². The molecule has 6 aromatic rings. The smallest absolute Gasteiger partial charge is 0.274 e. The standard InChI is InChI=1S/C25H29ClN2O2S2.C23H25ClN2O2S2/c1-6-28(32(29,30)25-17(3)22-14-19(26)8-10-24(22)31-25)20-9-7-18-13-16(2)21(23(18)15-20)11-12-27(4)5;1-14-11-16-5-7-18(13-21(16)19(14)9-10-26(3)4)25-30(27,28)23-15(2)20-12-17(24)6-8-22(20)29-23/h7-10,14-15H,6,11-13H2,1-5H3;5-8,12-13,25H,9-11H2,1-4H3. The summed E-state index contributed by atoms with van der Waals surface area (Å²) in [5.74, 6) is 0. The third kappa shape index (κ3) is 9.40. The lowest BCUT2D eigenvalue weighted by atomic mass is 10.0. The molecule has 2 aliphatic carbocycles. The van der Waals surface area contributed by atoms with Crippen LogP contribution in [0.4, 0.5) is 11.4 Å². The van der Waals surface area contributed by atoms with Crippen LogP contribution in [0.15, 0.2) is 92.4 Å². The van der Waals surface area contributed by atoms with Crippen LogP contribution in [0.5, 0.6) is 0 Å². The van der Waals surface area contributed by atoms with Gasteiger partial charge in [-0.05, 0) is 204 Å². The summed E-state index contributed by atoms with van der Waals surface area (Å²) in [5, 5.41) is 2.99. The van der Waals surface area contributed by atoms with Crippen LogP contribution in [-0.2, 0) is 32.9 Å². The number of halogens is 2. The van der Waals surface area contributed by atoms with Crippen molar-refractivity contribution in [2.75, 3.05) is 56.9 Å². The van der Waals surface area contributed by atoms with E-state index in [0.29, 0.717) is 30.7 Å². The Morgan fingerprint density at radius 3 is 1.63 bits per heavy atom. The second kappa shape index (κ2) is 18.4. The maximum absolute atomic E-state index is 13.8. The van der Waals surface area contributed by atoms with Gasteiger partial charge in [0, 0.05) is 44.8 Å². The van der Waals surface area contributed by atoms with Crippen molar-refractivity contribution in [3.8, 4) is 0 Å². The van der Waals surface area contributed by atoms with Gasteiger partial charge in [0.2, 0.25) is 0 Å². The van der Waals surface area contributed by atoms with Crippen molar-refractivity contribution in [3.63, 3.8) is 0 Å². The van der Waals surface area contributed by atoms with Gasteiger partial charge in [0.1, 0.15) is 8.42 Å². The van der Waals surface area contributed by atoms with Crippen molar-refractivity contribution in [2.45, 2.75) is 68.7 Å². The second-order valence-corrected chi connectivity index (χ2v) is 23.7. The van der Waals surface area contributed by atoms with Crippen molar-refractivity contribution in [1.82, 2.24) is 9.80 Å². The van der Waals surface area contributed by atoms with Crippen molar-refractivity contribution >= 4 is 109 Å². The summed E-state index contributed by atoms with van der Waals surface area (Å²) in [7, 11) is 0.897. The van der Waals surface area contributed by atoms with E-state index in [4.69, 9.17) is 23.2 Å². The zero-order valence-electron chi connectivity index (χ0n) is 36.7. The summed E-state index contributed by atoms with van der Waals surface area (Å²) in [4.78, 5) is 4.35. The molecule has 0 radical (unpaired) electrons. The molecule has 0 fully saturated rings. The maximum Gasteiger partial charge on any atom is 0.274 e. The van der Waals surface area contributed by atoms with E-state index in [1.807, 2.05) is 69.3 Å². The minimum absolute atomic E-state index is 0.333. The molecule has 328 valence electrons. The summed E-state index contributed by atoms with van der Waals surface area (Å²) in [6, 6.07) is 23.0. The van der Waals surface area contributed by atoms with E-state index < -0.39 is 20.0 Å². The topological polar surface area (TPSA) is 90.0 Å². The second-order valence-electron chi connectivity index (χ2n) is 16.8. The van der Waals surface area contributed by atoms with Gasteiger partial charge in [0.25, 0.3) is 20.0 Å². The highest BCUT2D eigenvalue weighted by Gasteiger charge is 2.30. The van der Waals surface area contributed by atoms with Gasteiger partial charge in [-0.2, -0.15) is 0 Å². The first-order chi connectivity index (χ1) is 29.3. The molecule has 62 heavy (non-hydrogen) atoms. The Morgan fingerprint density at radius 2 is 1.11 bits per heavy atom. The van der Waals surface area contributed by atoms with E-state index >= 15 is 0 Å². The Labute approximate surface area is 385 Å². The third-order valence-corrected chi connectivity index (χ3v) is 19.2. The fourth-order valence-electron chi connectivity index (χ4n) is 8.48. The molecule has 0 unspecified atom stereocenters. The first kappa shape index (κ1) is 46.3. The molecule has 2 heterocycles. The SMILES string of the molecule is CC1=C(CCN(C)C)c2cc(NS(=O)(=O)c3sc4ccc(Cl)cc4c3C)ccc2C1.CCN(c1ccc2c(c1)C(CCN(C)C)=C(C)C2)S(=O)(=O)c1sc2ccc(Cl)cc2c1C. The maximum atomic E-state index is 13.8. The van der Waals surface area contributed by atoms with Gasteiger partial charge in [0.05, 0.1) is 5.69 Å². The molecule has 14 heteroatoms. The predicted octanol–water partition coefficient (Wildman–Crippen LogP) is 12.3. The number of nitrogens with one attached hydrogen (secondary N) is 1. The molecule has 0 spiro atoms. The first-order valence-electron chi connectivity index (χ1n) is 20.6. The van der Waals surface area contributed by atoms with E-state index in [2.05, 4.69) is 68.7 Å². The van der Waals surface area contributed by atoms with Gasteiger partial charge in [-0.3, -0.25) is 9.03 Å². The molecule has 2 aromatic heterocycles.